The maximum atomic E-state index is 14.1. The molecule has 2 heterocycles. The van der Waals surface area contributed by atoms with Gasteiger partial charge in [0.15, 0.2) is 0 Å². The number of amides is 1. The van der Waals surface area contributed by atoms with Crippen LogP contribution in [0.25, 0.3) is 11.3 Å². The maximum Gasteiger partial charge on any atom is 0.264 e. The van der Waals surface area contributed by atoms with E-state index < -0.39 is 21.7 Å². The van der Waals surface area contributed by atoms with Gasteiger partial charge in [0.25, 0.3) is 15.9 Å². The summed E-state index contributed by atoms with van der Waals surface area (Å²) in [5, 5.41) is 10.9. The van der Waals surface area contributed by atoms with Gasteiger partial charge in [-0.2, -0.15) is 4.98 Å². The van der Waals surface area contributed by atoms with Crippen molar-refractivity contribution in [1.82, 2.24) is 14.9 Å². The van der Waals surface area contributed by atoms with Crippen LogP contribution in [-0.4, -0.2) is 58.6 Å². The lowest BCUT2D eigenvalue weighted by Gasteiger charge is -2.48. The summed E-state index contributed by atoms with van der Waals surface area (Å²) in [7, 11) is -4.12. The molecule has 41 heavy (non-hydrogen) atoms. The molecule has 6 rings (SSSR count). The van der Waals surface area contributed by atoms with E-state index in [-0.39, 0.29) is 47.3 Å². The van der Waals surface area contributed by atoms with E-state index in [1.165, 1.54) is 25.0 Å². The van der Waals surface area contributed by atoms with E-state index in [4.69, 9.17) is 4.74 Å². The Hall–Kier alpha value is -3.50. The Kier molecular flexibility index (Phi) is 6.61. The summed E-state index contributed by atoms with van der Waals surface area (Å²) in [4.78, 5) is 24.9. The predicted molar refractivity (Wildman–Crippen MR) is 155 cm³/mol. The second-order valence-corrected chi connectivity index (χ2v) is 14.3. The molecular formula is C31H36N4O5S. The zero-order valence-corrected chi connectivity index (χ0v) is 24.7. The van der Waals surface area contributed by atoms with Crippen LogP contribution in [0.3, 0.4) is 0 Å². The van der Waals surface area contributed by atoms with Gasteiger partial charge in [-0.25, -0.2) is 18.1 Å². The minimum Gasteiger partial charge on any atom is -0.475 e. The Morgan fingerprint density at radius 3 is 2.41 bits per heavy atom. The Morgan fingerprint density at radius 2 is 1.76 bits per heavy atom. The fourth-order valence-electron chi connectivity index (χ4n) is 6.36. The van der Waals surface area contributed by atoms with Crippen LogP contribution in [0.15, 0.2) is 53.4 Å². The van der Waals surface area contributed by atoms with Crippen molar-refractivity contribution in [2.75, 3.05) is 11.3 Å². The Bertz CT molecular complexity index is 1600. The molecule has 10 heteroatoms. The molecular weight excluding hydrogens is 540 g/mol. The van der Waals surface area contributed by atoms with Gasteiger partial charge < -0.3 is 14.7 Å². The summed E-state index contributed by atoms with van der Waals surface area (Å²) in [5.74, 6) is -0.211. The molecule has 1 aliphatic heterocycles. The topological polar surface area (TPSA) is 122 Å². The van der Waals surface area contributed by atoms with E-state index in [0.717, 1.165) is 29.5 Å². The number of fused-ring (bicyclic) bond motifs is 4. The van der Waals surface area contributed by atoms with Gasteiger partial charge in [0, 0.05) is 23.2 Å². The highest BCUT2D eigenvalue weighted by atomic mass is 32.2. The van der Waals surface area contributed by atoms with Crippen molar-refractivity contribution >= 4 is 21.9 Å². The highest BCUT2D eigenvalue weighted by molar-refractivity contribution is 7.92. The minimum absolute atomic E-state index is 0.0180. The smallest absolute Gasteiger partial charge is 0.264 e. The van der Waals surface area contributed by atoms with E-state index in [1.54, 1.807) is 32.0 Å². The van der Waals surface area contributed by atoms with E-state index >= 15 is 0 Å². The number of rotatable bonds is 4. The molecule has 3 aliphatic rings. The molecule has 1 spiro atoms. The van der Waals surface area contributed by atoms with E-state index in [2.05, 4.69) is 14.7 Å². The number of nitrogens with one attached hydrogen (secondary N) is 1. The first kappa shape index (κ1) is 27.7. The van der Waals surface area contributed by atoms with Crippen molar-refractivity contribution in [2.45, 2.75) is 82.4 Å². The van der Waals surface area contributed by atoms with Crippen molar-refractivity contribution in [3.05, 3.63) is 65.2 Å². The number of hydrogen-bond donors (Lipinski definition) is 2. The van der Waals surface area contributed by atoms with Crippen LogP contribution in [0, 0.1) is 19.3 Å². The van der Waals surface area contributed by atoms with Gasteiger partial charge in [-0.05, 0) is 94.5 Å². The van der Waals surface area contributed by atoms with E-state index in [0.29, 0.717) is 11.1 Å². The van der Waals surface area contributed by atoms with Gasteiger partial charge in [0.1, 0.15) is 6.61 Å². The van der Waals surface area contributed by atoms with Crippen molar-refractivity contribution in [3.8, 4) is 17.1 Å². The standard InChI is InChI=1S/C31H36N4O5S/c1-19-7-5-8-20(2)27(19)25-14-26-33-29(32-25)34-41(38,39)24-10-6-9-21(13-24)28(36)35(22-16-31(17-22)11-12-31)23(18-40-26)15-30(3,4)37/h5-10,13-14,22-23,37H,11-12,15-18H2,1-4H3,(H,32,33,34)/t23-/m1/s1. The Labute approximate surface area is 241 Å². The first-order valence-corrected chi connectivity index (χ1v) is 15.6. The quantitative estimate of drug-likeness (QED) is 0.455. The summed E-state index contributed by atoms with van der Waals surface area (Å²) in [5.41, 5.74) is 2.86. The number of anilines is 1. The second-order valence-electron chi connectivity index (χ2n) is 12.6. The van der Waals surface area contributed by atoms with Gasteiger partial charge in [-0.1, -0.05) is 24.3 Å². The number of nitrogens with zero attached hydrogens (tertiary/aromatic N) is 3. The third kappa shape index (κ3) is 5.55. The van der Waals surface area contributed by atoms with Gasteiger partial charge in [-0.3, -0.25) is 4.79 Å². The lowest BCUT2D eigenvalue weighted by molar-refractivity contribution is -0.0170. The highest BCUT2D eigenvalue weighted by Gasteiger charge is 2.56. The molecule has 0 unspecified atom stereocenters. The van der Waals surface area contributed by atoms with Crippen LogP contribution in [0.5, 0.6) is 5.88 Å². The molecule has 216 valence electrons. The van der Waals surface area contributed by atoms with Gasteiger partial charge in [0.05, 0.1) is 22.2 Å². The normalized spacial score (nSPS) is 21.5. The fourth-order valence-corrected chi connectivity index (χ4v) is 7.35. The summed E-state index contributed by atoms with van der Waals surface area (Å²) in [6.45, 7) is 7.46. The van der Waals surface area contributed by atoms with Gasteiger partial charge in [0.2, 0.25) is 11.8 Å². The first-order valence-electron chi connectivity index (χ1n) is 14.1. The number of ether oxygens (including phenoxy) is 1. The number of aliphatic hydroxyl groups is 1. The lowest BCUT2D eigenvalue weighted by atomic mass is 9.75. The number of aromatic nitrogens is 2. The molecule has 3 aromatic rings. The fraction of sp³-hybridized carbons (Fsp3) is 0.452. The highest BCUT2D eigenvalue weighted by Crippen LogP contribution is 2.62. The third-order valence-corrected chi connectivity index (χ3v) is 9.86. The molecule has 1 amide bonds. The van der Waals surface area contributed by atoms with Crippen LogP contribution in [0.2, 0.25) is 0 Å². The van der Waals surface area contributed by atoms with Crippen molar-refractivity contribution in [1.29, 1.82) is 0 Å². The Morgan fingerprint density at radius 1 is 1.07 bits per heavy atom. The summed E-state index contributed by atoms with van der Waals surface area (Å²) in [6.07, 6.45) is 4.41. The molecule has 9 nitrogen and oxygen atoms in total. The molecule has 2 fully saturated rings. The average molecular weight is 577 g/mol. The molecule has 2 aromatic carbocycles. The molecule has 2 aliphatic carbocycles. The second kappa shape index (κ2) is 9.80. The molecule has 0 radical (unpaired) electrons. The summed E-state index contributed by atoms with van der Waals surface area (Å²) >= 11 is 0. The zero-order valence-electron chi connectivity index (χ0n) is 23.8. The van der Waals surface area contributed by atoms with Gasteiger partial charge in [-0.15, -0.1) is 0 Å². The number of hydrogen-bond acceptors (Lipinski definition) is 7. The number of carbonyl (C=O) groups excluding carboxylic acids is 1. The SMILES string of the molecule is Cc1cccc(C)c1-c1cc2nc(n1)NS(=O)(=O)c1cccc(c1)C(=O)N(C1CC3(CC3)C1)[C@H](CC(C)(C)O)CO2. The zero-order chi connectivity index (χ0) is 29.2. The number of benzene rings is 2. The summed E-state index contributed by atoms with van der Waals surface area (Å²) < 4.78 is 35.8. The van der Waals surface area contributed by atoms with Crippen molar-refractivity contribution in [3.63, 3.8) is 0 Å². The van der Waals surface area contributed by atoms with Crippen molar-refractivity contribution < 1.29 is 23.1 Å². The number of aryl methyl sites for hydroxylation is 2. The molecule has 0 saturated heterocycles. The molecule has 2 saturated carbocycles. The van der Waals surface area contributed by atoms with Crippen molar-refractivity contribution in [2.24, 2.45) is 5.41 Å². The van der Waals surface area contributed by atoms with E-state index in [1.807, 2.05) is 36.9 Å². The average Bonchev–Trinajstić information content (AvgIpc) is 3.67. The monoisotopic (exact) mass is 576 g/mol. The number of carbonyl (C=O) groups is 1. The molecule has 1 atom stereocenters. The van der Waals surface area contributed by atoms with Crippen LogP contribution in [-0.2, 0) is 10.0 Å². The minimum atomic E-state index is -4.12. The van der Waals surface area contributed by atoms with Crippen LogP contribution < -0.4 is 9.46 Å². The third-order valence-electron chi connectivity index (χ3n) is 8.53. The lowest BCUT2D eigenvalue weighted by Crippen LogP contribution is -2.56. The Balaban J connectivity index is 1.49. The predicted octanol–water partition coefficient (Wildman–Crippen LogP) is 4.87. The number of sulfonamides is 1. The maximum absolute atomic E-state index is 14.1. The molecule has 4 bridgehead atoms. The molecule has 2 N–H and O–H groups in total. The van der Waals surface area contributed by atoms with Crippen LogP contribution in [0.4, 0.5) is 5.95 Å². The molecule has 1 aromatic heterocycles. The first-order chi connectivity index (χ1) is 19.3. The van der Waals surface area contributed by atoms with Crippen LogP contribution >= 0.6 is 0 Å². The summed E-state index contributed by atoms with van der Waals surface area (Å²) in [6, 6.07) is 13.2. The van der Waals surface area contributed by atoms with Crippen LogP contribution in [0.1, 0.15) is 67.4 Å². The van der Waals surface area contributed by atoms with E-state index in [9.17, 15) is 18.3 Å². The largest absolute Gasteiger partial charge is 0.475 e. The van der Waals surface area contributed by atoms with Gasteiger partial charge >= 0.3 is 0 Å².